The highest BCUT2D eigenvalue weighted by Crippen LogP contribution is 2.16. The molecular formula is C13H22ClN3O. The van der Waals surface area contributed by atoms with Crippen molar-refractivity contribution < 1.29 is 4.74 Å². The third-order valence-electron chi connectivity index (χ3n) is 3.18. The molecule has 1 aromatic heterocycles. The number of piperidine rings is 1. The van der Waals surface area contributed by atoms with E-state index in [-0.39, 0.29) is 12.4 Å². The van der Waals surface area contributed by atoms with Crippen LogP contribution in [-0.2, 0) is 0 Å². The van der Waals surface area contributed by atoms with Crippen LogP contribution in [0, 0.1) is 19.8 Å². The fourth-order valence-electron chi connectivity index (χ4n) is 2.25. The number of hydrogen-bond donors (Lipinski definition) is 1. The van der Waals surface area contributed by atoms with Gasteiger partial charge in [-0.3, -0.25) is 0 Å². The second-order valence-corrected chi connectivity index (χ2v) is 4.76. The predicted octanol–water partition coefficient (Wildman–Crippen LogP) is 2.28. The van der Waals surface area contributed by atoms with Gasteiger partial charge in [0.05, 0.1) is 6.61 Å². The molecule has 0 amide bonds. The normalized spacial score (nSPS) is 16.1. The van der Waals surface area contributed by atoms with Gasteiger partial charge in [-0.05, 0) is 58.2 Å². The first-order valence-corrected chi connectivity index (χ1v) is 6.40. The summed E-state index contributed by atoms with van der Waals surface area (Å²) in [5.41, 5.74) is 1.93. The minimum Gasteiger partial charge on any atom is -0.463 e. The molecule has 102 valence electrons. The molecular weight excluding hydrogens is 250 g/mol. The molecule has 5 heteroatoms. The van der Waals surface area contributed by atoms with Crippen molar-refractivity contribution in [1.82, 2.24) is 15.3 Å². The molecule has 1 N–H and O–H groups in total. The number of hydrogen-bond acceptors (Lipinski definition) is 4. The maximum atomic E-state index is 5.63. The topological polar surface area (TPSA) is 47.0 Å². The standard InChI is InChI=1S/C13H21N3O.ClH/c1-10-9-11(2)16-13(15-10)17-8-5-12-3-6-14-7-4-12;/h9,12,14H,3-8H2,1-2H3;1H. The summed E-state index contributed by atoms with van der Waals surface area (Å²) >= 11 is 0. The van der Waals surface area contributed by atoms with Gasteiger partial charge in [-0.2, -0.15) is 0 Å². The van der Waals surface area contributed by atoms with Crippen molar-refractivity contribution in [3.05, 3.63) is 17.5 Å². The number of nitrogens with one attached hydrogen (secondary N) is 1. The van der Waals surface area contributed by atoms with Gasteiger partial charge in [0.1, 0.15) is 0 Å². The SMILES string of the molecule is Cc1cc(C)nc(OCCC2CCNCC2)n1.Cl. The van der Waals surface area contributed by atoms with Crippen molar-refractivity contribution >= 4 is 12.4 Å². The van der Waals surface area contributed by atoms with Gasteiger partial charge in [0, 0.05) is 11.4 Å². The highest BCUT2D eigenvalue weighted by atomic mass is 35.5. The van der Waals surface area contributed by atoms with E-state index in [1.165, 1.54) is 12.8 Å². The zero-order valence-corrected chi connectivity index (χ0v) is 11.9. The van der Waals surface area contributed by atoms with Crippen molar-refractivity contribution in [1.29, 1.82) is 0 Å². The molecule has 0 spiro atoms. The summed E-state index contributed by atoms with van der Waals surface area (Å²) < 4.78 is 5.63. The first-order valence-electron chi connectivity index (χ1n) is 6.40. The number of rotatable bonds is 4. The van der Waals surface area contributed by atoms with Crippen LogP contribution in [0.2, 0.25) is 0 Å². The molecule has 0 aliphatic carbocycles. The Hall–Kier alpha value is -0.870. The molecule has 2 heterocycles. The Morgan fingerprint density at radius 1 is 1.22 bits per heavy atom. The lowest BCUT2D eigenvalue weighted by molar-refractivity contribution is 0.237. The zero-order chi connectivity index (χ0) is 12.1. The van der Waals surface area contributed by atoms with Crippen LogP contribution in [-0.4, -0.2) is 29.7 Å². The Bertz CT molecular complexity index is 347. The quantitative estimate of drug-likeness (QED) is 0.913. The minimum atomic E-state index is 0. The van der Waals surface area contributed by atoms with Gasteiger partial charge in [0.25, 0.3) is 0 Å². The molecule has 1 aliphatic heterocycles. The lowest BCUT2D eigenvalue weighted by Crippen LogP contribution is -2.28. The van der Waals surface area contributed by atoms with Gasteiger partial charge < -0.3 is 10.1 Å². The average molecular weight is 272 g/mol. The van der Waals surface area contributed by atoms with E-state index in [4.69, 9.17) is 4.74 Å². The third kappa shape index (κ3) is 4.78. The lowest BCUT2D eigenvalue weighted by Gasteiger charge is -2.22. The van der Waals surface area contributed by atoms with E-state index in [2.05, 4.69) is 15.3 Å². The first-order chi connectivity index (χ1) is 8.24. The summed E-state index contributed by atoms with van der Waals surface area (Å²) in [5, 5.41) is 3.37. The summed E-state index contributed by atoms with van der Waals surface area (Å²) in [6, 6.07) is 2.48. The van der Waals surface area contributed by atoms with Crippen LogP contribution in [0.5, 0.6) is 6.01 Å². The molecule has 0 atom stereocenters. The molecule has 1 saturated heterocycles. The fraction of sp³-hybridized carbons (Fsp3) is 0.692. The molecule has 1 fully saturated rings. The maximum absolute atomic E-state index is 5.63. The summed E-state index contributed by atoms with van der Waals surface area (Å²) in [7, 11) is 0. The second-order valence-electron chi connectivity index (χ2n) is 4.76. The Labute approximate surface area is 115 Å². The van der Waals surface area contributed by atoms with Crippen LogP contribution < -0.4 is 10.1 Å². The summed E-state index contributed by atoms with van der Waals surface area (Å²) in [4.78, 5) is 8.54. The summed E-state index contributed by atoms with van der Waals surface area (Å²) in [6.45, 7) is 6.95. The molecule has 0 bridgehead atoms. The highest BCUT2D eigenvalue weighted by Gasteiger charge is 2.13. The lowest BCUT2D eigenvalue weighted by atomic mass is 9.95. The molecule has 2 rings (SSSR count). The van der Waals surface area contributed by atoms with E-state index in [9.17, 15) is 0 Å². The van der Waals surface area contributed by atoms with E-state index in [0.29, 0.717) is 6.01 Å². The number of nitrogens with zero attached hydrogens (tertiary/aromatic N) is 2. The van der Waals surface area contributed by atoms with Crippen LogP contribution in [0.4, 0.5) is 0 Å². The van der Waals surface area contributed by atoms with Gasteiger partial charge in [-0.15, -0.1) is 12.4 Å². The van der Waals surface area contributed by atoms with Gasteiger partial charge in [0.15, 0.2) is 0 Å². The molecule has 4 nitrogen and oxygen atoms in total. The van der Waals surface area contributed by atoms with E-state index in [0.717, 1.165) is 43.4 Å². The van der Waals surface area contributed by atoms with E-state index >= 15 is 0 Å². The van der Waals surface area contributed by atoms with Crippen LogP contribution in [0.1, 0.15) is 30.7 Å². The second kappa shape index (κ2) is 7.54. The Morgan fingerprint density at radius 2 is 1.83 bits per heavy atom. The Kier molecular flexibility index (Phi) is 6.36. The molecule has 0 unspecified atom stereocenters. The number of aromatic nitrogens is 2. The maximum Gasteiger partial charge on any atom is 0.316 e. The third-order valence-corrected chi connectivity index (χ3v) is 3.18. The van der Waals surface area contributed by atoms with E-state index in [1.54, 1.807) is 0 Å². The van der Waals surface area contributed by atoms with Crippen LogP contribution in [0.3, 0.4) is 0 Å². The van der Waals surface area contributed by atoms with Crippen molar-refractivity contribution in [3.8, 4) is 6.01 Å². The molecule has 1 aromatic rings. The van der Waals surface area contributed by atoms with Crippen LogP contribution in [0.25, 0.3) is 0 Å². The number of ether oxygens (including phenoxy) is 1. The number of halogens is 1. The zero-order valence-electron chi connectivity index (χ0n) is 11.1. The smallest absolute Gasteiger partial charge is 0.316 e. The van der Waals surface area contributed by atoms with Crippen LogP contribution >= 0.6 is 12.4 Å². The number of aryl methyl sites for hydroxylation is 2. The Balaban J connectivity index is 0.00000162. The van der Waals surface area contributed by atoms with Gasteiger partial charge in [0.2, 0.25) is 0 Å². The van der Waals surface area contributed by atoms with Crippen molar-refractivity contribution in [2.24, 2.45) is 5.92 Å². The van der Waals surface area contributed by atoms with Gasteiger partial charge >= 0.3 is 6.01 Å². The van der Waals surface area contributed by atoms with Gasteiger partial charge in [-0.1, -0.05) is 0 Å². The van der Waals surface area contributed by atoms with Crippen molar-refractivity contribution in [2.45, 2.75) is 33.1 Å². The van der Waals surface area contributed by atoms with Crippen molar-refractivity contribution in [2.75, 3.05) is 19.7 Å². The average Bonchev–Trinajstić information content (AvgIpc) is 2.29. The molecule has 0 radical (unpaired) electrons. The first kappa shape index (κ1) is 15.2. The fourth-order valence-corrected chi connectivity index (χ4v) is 2.25. The Morgan fingerprint density at radius 3 is 2.44 bits per heavy atom. The van der Waals surface area contributed by atoms with Crippen LogP contribution in [0.15, 0.2) is 6.07 Å². The largest absolute Gasteiger partial charge is 0.463 e. The molecule has 18 heavy (non-hydrogen) atoms. The predicted molar refractivity (Wildman–Crippen MR) is 74.5 cm³/mol. The highest BCUT2D eigenvalue weighted by molar-refractivity contribution is 5.85. The summed E-state index contributed by atoms with van der Waals surface area (Å²) in [5.74, 6) is 0.794. The summed E-state index contributed by atoms with van der Waals surface area (Å²) in [6.07, 6.45) is 3.63. The van der Waals surface area contributed by atoms with Gasteiger partial charge in [-0.25, -0.2) is 9.97 Å². The molecule has 0 saturated carbocycles. The van der Waals surface area contributed by atoms with Crippen molar-refractivity contribution in [3.63, 3.8) is 0 Å². The van der Waals surface area contributed by atoms with E-state index < -0.39 is 0 Å². The molecule has 1 aliphatic rings. The molecule has 0 aromatic carbocycles. The monoisotopic (exact) mass is 271 g/mol. The minimum absolute atomic E-state index is 0. The van der Waals surface area contributed by atoms with E-state index in [1.807, 2.05) is 19.9 Å².